The molecule has 0 aliphatic carbocycles. The smallest absolute Gasteiger partial charge is 0.246 e. The Kier molecular flexibility index (Phi) is 3.49. The normalized spacial score (nSPS) is 31.1. The zero-order valence-electron chi connectivity index (χ0n) is 7.29. The van der Waals surface area contributed by atoms with Crippen molar-refractivity contribution in [2.45, 2.75) is 31.5 Å². The molecular formula is C8H15NO3. The highest BCUT2D eigenvalue weighted by molar-refractivity contribution is 5.78. The van der Waals surface area contributed by atoms with Crippen LogP contribution in [0.2, 0.25) is 0 Å². The van der Waals surface area contributed by atoms with Crippen molar-refractivity contribution < 1.29 is 14.3 Å². The van der Waals surface area contributed by atoms with Gasteiger partial charge >= 0.3 is 0 Å². The van der Waals surface area contributed by atoms with E-state index in [4.69, 9.17) is 15.2 Å². The number of ether oxygens (including phenoxy) is 2. The molecule has 0 aromatic heterocycles. The van der Waals surface area contributed by atoms with Gasteiger partial charge in [0, 0.05) is 7.11 Å². The second-order valence-electron chi connectivity index (χ2n) is 3.01. The van der Waals surface area contributed by atoms with E-state index in [2.05, 4.69) is 0 Å². The van der Waals surface area contributed by atoms with Crippen molar-refractivity contribution in [1.29, 1.82) is 0 Å². The van der Waals surface area contributed by atoms with Gasteiger partial charge in [-0.3, -0.25) is 4.79 Å². The third-order valence-electron chi connectivity index (χ3n) is 2.13. The predicted molar refractivity (Wildman–Crippen MR) is 43.6 cm³/mol. The van der Waals surface area contributed by atoms with Gasteiger partial charge in [0.1, 0.15) is 6.10 Å². The molecular weight excluding hydrogens is 158 g/mol. The second-order valence-corrected chi connectivity index (χ2v) is 3.01. The van der Waals surface area contributed by atoms with Crippen molar-refractivity contribution in [1.82, 2.24) is 0 Å². The van der Waals surface area contributed by atoms with Gasteiger partial charge in [-0.15, -0.1) is 0 Å². The Morgan fingerprint density at radius 1 is 1.58 bits per heavy atom. The molecule has 70 valence electrons. The first-order valence-electron chi connectivity index (χ1n) is 4.17. The first kappa shape index (κ1) is 9.48. The Morgan fingerprint density at radius 2 is 2.33 bits per heavy atom. The summed E-state index contributed by atoms with van der Waals surface area (Å²) in [6.45, 7) is 0.476. The zero-order valence-corrected chi connectivity index (χ0v) is 7.29. The van der Waals surface area contributed by atoms with Gasteiger partial charge in [-0.1, -0.05) is 0 Å². The van der Waals surface area contributed by atoms with Crippen LogP contribution in [0.1, 0.15) is 19.3 Å². The summed E-state index contributed by atoms with van der Waals surface area (Å²) in [6.07, 6.45) is 2.31. The lowest BCUT2D eigenvalue weighted by Crippen LogP contribution is -2.31. The second kappa shape index (κ2) is 4.42. The largest absolute Gasteiger partial charge is 0.379 e. The van der Waals surface area contributed by atoms with Crippen LogP contribution >= 0.6 is 0 Å². The average molecular weight is 173 g/mol. The van der Waals surface area contributed by atoms with Crippen molar-refractivity contribution >= 4 is 5.91 Å². The summed E-state index contributed by atoms with van der Waals surface area (Å²) in [5.41, 5.74) is 5.12. The van der Waals surface area contributed by atoms with E-state index in [1.807, 2.05) is 0 Å². The molecule has 0 saturated carbocycles. The van der Waals surface area contributed by atoms with Crippen LogP contribution < -0.4 is 5.73 Å². The van der Waals surface area contributed by atoms with Crippen LogP contribution in [-0.4, -0.2) is 31.8 Å². The molecule has 1 aliphatic rings. The van der Waals surface area contributed by atoms with E-state index >= 15 is 0 Å². The summed E-state index contributed by atoms with van der Waals surface area (Å²) in [7, 11) is 1.65. The lowest BCUT2D eigenvalue weighted by molar-refractivity contribution is -0.130. The van der Waals surface area contributed by atoms with E-state index < -0.39 is 6.10 Å². The van der Waals surface area contributed by atoms with Gasteiger partial charge in [-0.2, -0.15) is 0 Å². The van der Waals surface area contributed by atoms with Crippen LogP contribution in [0.4, 0.5) is 0 Å². The third kappa shape index (κ3) is 2.46. The number of hydrogen-bond acceptors (Lipinski definition) is 3. The summed E-state index contributed by atoms with van der Waals surface area (Å²) in [4.78, 5) is 10.8. The highest BCUT2D eigenvalue weighted by Gasteiger charge is 2.22. The van der Waals surface area contributed by atoms with Crippen molar-refractivity contribution in [3.63, 3.8) is 0 Å². The maximum atomic E-state index is 10.8. The van der Waals surface area contributed by atoms with E-state index in [1.54, 1.807) is 7.11 Å². The SMILES string of the molecule is COC1CCCC(C(N)=O)OC1. The van der Waals surface area contributed by atoms with Gasteiger partial charge in [-0.25, -0.2) is 0 Å². The molecule has 4 nitrogen and oxygen atoms in total. The average Bonchev–Trinajstić information content (AvgIpc) is 2.28. The van der Waals surface area contributed by atoms with Crippen molar-refractivity contribution in [2.75, 3.05) is 13.7 Å². The van der Waals surface area contributed by atoms with Gasteiger partial charge in [0.2, 0.25) is 5.91 Å². The summed E-state index contributed by atoms with van der Waals surface area (Å²) >= 11 is 0. The maximum Gasteiger partial charge on any atom is 0.246 e. The van der Waals surface area contributed by atoms with Crippen LogP contribution in [-0.2, 0) is 14.3 Å². The minimum absolute atomic E-state index is 0.120. The van der Waals surface area contributed by atoms with Gasteiger partial charge in [0.25, 0.3) is 0 Å². The number of primary amides is 1. The highest BCUT2D eigenvalue weighted by Crippen LogP contribution is 2.14. The quantitative estimate of drug-likeness (QED) is 0.642. The van der Waals surface area contributed by atoms with E-state index in [0.29, 0.717) is 6.61 Å². The maximum absolute atomic E-state index is 10.8. The standard InChI is InChI=1S/C8H15NO3/c1-11-6-3-2-4-7(8(9)10)12-5-6/h6-7H,2-5H2,1H3,(H2,9,10). The molecule has 2 atom stereocenters. The summed E-state index contributed by atoms with van der Waals surface area (Å²) in [5.74, 6) is -0.369. The molecule has 1 saturated heterocycles. The van der Waals surface area contributed by atoms with Gasteiger partial charge in [0.15, 0.2) is 0 Å². The highest BCUT2D eigenvalue weighted by atomic mass is 16.5. The lowest BCUT2D eigenvalue weighted by Gasteiger charge is -2.12. The Morgan fingerprint density at radius 3 is 2.92 bits per heavy atom. The third-order valence-corrected chi connectivity index (χ3v) is 2.13. The van der Waals surface area contributed by atoms with Crippen LogP contribution in [0.3, 0.4) is 0 Å². The predicted octanol–water partition coefficient (Wildman–Crippen LogP) is 0.0558. The van der Waals surface area contributed by atoms with Crippen molar-refractivity contribution in [3.05, 3.63) is 0 Å². The first-order valence-corrected chi connectivity index (χ1v) is 4.17. The number of hydrogen-bond donors (Lipinski definition) is 1. The minimum atomic E-state index is -0.412. The van der Waals surface area contributed by atoms with Crippen LogP contribution in [0.5, 0.6) is 0 Å². The van der Waals surface area contributed by atoms with Gasteiger partial charge in [-0.05, 0) is 19.3 Å². The molecule has 0 spiro atoms. The number of amides is 1. The van der Waals surface area contributed by atoms with E-state index in [9.17, 15) is 4.79 Å². The van der Waals surface area contributed by atoms with Gasteiger partial charge < -0.3 is 15.2 Å². The molecule has 2 N–H and O–H groups in total. The van der Waals surface area contributed by atoms with Crippen LogP contribution in [0.25, 0.3) is 0 Å². The molecule has 1 aliphatic heterocycles. The molecule has 12 heavy (non-hydrogen) atoms. The molecule has 4 heteroatoms. The van der Waals surface area contributed by atoms with Crippen LogP contribution in [0, 0.1) is 0 Å². The molecule has 1 amide bonds. The van der Waals surface area contributed by atoms with Crippen LogP contribution in [0.15, 0.2) is 0 Å². The molecule has 2 unspecified atom stereocenters. The Hall–Kier alpha value is -0.610. The van der Waals surface area contributed by atoms with E-state index in [0.717, 1.165) is 19.3 Å². The topological polar surface area (TPSA) is 61.5 Å². The Balaban J connectivity index is 2.39. The minimum Gasteiger partial charge on any atom is -0.379 e. The fourth-order valence-corrected chi connectivity index (χ4v) is 1.33. The molecule has 0 bridgehead atoms. The van der Waals surface area contributed by atoms with Crippen molar-refractivity contribution in [2.24, 2.45) is 5.73 Å². The number of carbonyl (C=O) groups excluding carboxylic acids is 1. The summed E-state index contributed by atoms with van der Waals surface area (Å²) in [6, 6.07) is 0. The van der Waals surface area contributed by atoms with E-state index in [-0.39, 0.29) is 12.0 Å². The Labute approximate surface area is 72.0 Å². The first-order chi connectivity index (χ1) is 5.74. The lowest BCUT2D eigenvalue weighted by atomic mass is 10.1. The van der Waals surface area contributed by atoms with E-state index in [1.165, 1.54) is 0 Å². The van der Waals surface area contributed by atoms with Crippen molar-refractivity contribution in [3.8, 4) is 0 Å². The van der Waals surface area contributed by atoms with Gasteiger partial charge in [0.05, 0.1) is 12.7 Å². The monoisotopic (exact) mass is 173 g/mol. The fraction of sp³-hybridized carbons (Fsp3) is 0.875. The summed E-state index contributed by atoms with van der Waals surface area (Å²) in [5, 5.41) is 0. The number of carbonyl (C=O) groups is 1. The fourth-order valence-electron chi connectivity index (χ4n) is 1.33. The molecule has 1 rings (SSSR count). The number of methoxy groups -OCH3 is 1. The number of nitrogens with two attached hydrogens (primary N) is 1. The number of rotatable bonds is 2. The molecule has 0 aromatic rings. The zero-order chi connectivity index (χ0) is 8.97. The molecule has 1 heterocycles. The molecule has 1 fully saturated rings. The molecule has 0 aromatic carbocycles. The Bertz CT molecular complexity index is 160. The molecule has 0 radical (unpaired) electrons. The summed E-state index contributed by atoms with van der Waals surface area (Å²) < 4.78 is 10.4.